The molecule has 7 heteroatoms. The van der Waals surface area contributed by atoms with Gasteiger partial charge in [0.2, 0.25) is 0 Å². The molecule has 2 aromatic carbocycles. The highest BCUT2D eigenvalue weighted by Crippen LogP contribution is 2.28. The van der Waals surface area contributed by atoms with E-state index in [1.807, 2.05) is 39.8 Å². The molecular weight excluding hydrogens is 426 g/mol. The number of aromatic nitrogens is 1. The van der Waals surface area contributed by atoms with E-state index >= 15 is 0 Å². The number of nitrogens with one attached hydrogen (secondary N) is 1. The van der Waals surface area contributed by atoms with Crippen molar-refractivity contribution in [1.82, 2.24) is 9.88 Å². The summed E-state index contributed by atoms with van der Waals surface area (Å²) in [7, 11) is 0. The number of halogens is 1. The average molecular weight is 448 g/mol. The molecule has 4 amide bonds. The molecule has 3 aromatic rings. The molecule has 0 aliphatic carbocycles. The lowest BCUT2D eigenvalue weighted by Crippen LogP contribution is -2.54. The first kappa shape index (κ1) is 21.6. The molecule has 4 rings (SSSR count). The fourth-order valence-electron chi connectivity index (χ4n) is 4.00. The molecule has 1 saturated heterocycles. The third-order valence-corrected chi connectivity index (χ3v) is 5.80. The van der Waals surface area contributed by atoms with E-state index in [2.05, 4.69) is 22.0 Å². The molecule has 0 bridgehead atoms. The lowest BCUT2D eigenvalue weighted by molar-refractivity contribution is -0.122. The molecule has 1 fully saturated rings. The van der Waals surface area contributed by atoms with Crippen LogP contribution in [0.1, 0.15) is 28.1 Å². The molecule has 0 radical (unpaired) electrons. The lowest BCUT2D eigenvalue weighted by Gasteiger charge is -2.26. The van der Waals surface area contributed by atoms with E-state index < -0.39 is 17.8 Å². The Morgan fingerprint density at radius 1 is 0.906 bits per heavy atom. The molecule has 0 saturated carbocycles. The molecule has 0 unspecified atom stereocenters. The summed E-state index contributed by atoms with van der Waals surface area (Å²) in [6.07, 6.45) is 1.54. The van der Waals surface area contributed by atoms with Crippen molar-refractivity contribution in [3.63, 3.8) is 0 Å². The van der Waals surface area contributed by atoms with Gasteiger partial charge in [-0.05, 0) is 81.3 Å². The van der Waals surface area contributed by atoms with Crippen molar-refractivity contribution < 1.29 is 14.4 Å². The molecule has 2 heterocycles. The zero-order valence-electron chi connectivity index (χ0n) is 18.2. The van der Waals surface area contributed by atoms with Gasteiger partial charge in [0.1, 0.15) is 5.57 Å². The quantitative estimate of drug-likeness (QED) is 0.452. The van der Waals surface area contributed by atoms with E-state index in [-0.39, 0.29) is 5.57 Å². The summed E-state index contributed by atoms with van der Waals surface area (Å²) < 4.78 is 2.09. The summed E-state index contributed by atoms with van der Waals surface area (Å²) in [5.74, 6) is -1.40. The van der Waals surface area contributed by atoms with Crippen LogP contribution in [0.25, 0.3) is 11.8 Å². The lowest BCUT2D eigenvalue weighted by atomic mass is 10.1. The third kappa shape index (κ3) is 3.74. The standard InChI is InChI=1S/C25H22ClN3O3/c1-14-5-10-22(15(2)11-14)28-16(3)12-18(17(28)4)13-21-23(30)27-25(32)29(24(21)31)20-8-6-19(26)7-9-20/h5-13H,1-4H3,(H,27,30,32)/b21-13+. The fraction of sp³-hybridized carbons (Fsp3) is 0.160. The number of urea groups is 1. The number of amides is 4. The van der Waals surface area contributed by atoms with Crippen molar-refractivity contribution in [1.29, 1.82) is 0 Å². The normalized spacial score (nSPS) is 15.5. The van der Waals surface area contributed by atoms with Gasteiger partial charge < -0.3 is 4.57 Å². The summed E-state index contributed by atoms with van der Waals surface area (Å²) in [6.45, 7) is 8.00. The van der Waals surface area contributed by atoms with Crippen molar-refractivity contribution in [3.8, 4) is 5.69 Å². The highest BCUT2D eigenvalue weighted by atomic mass is 35.5. The van der Waals surface area contributed by atoms with E-state index in [9.17, 15) is 14.4 Å². The van der Waals surface area contributed by atoms with Crippen molar-refractivity contribution in [2.24, 2.45) is 0 Å². The van der Waals surface area contributed by atoms with Crippen LogP contribution >= 0.6 is 11.6 Å². The Kier molecular flexibility index (Phi) is 5.48. The first-order valence-corrected chi connectivity index (χ1v) is 10.5. The topological polar surface area (TPSA) is 71.4 Å². The first-order valence-electron chi connectivity index (χ1n) is 10.1. The van der Waals surface area contributed by atoms with Gasteiger partial charge >= 0.3 is 6.03 Å². The predicted octanol–water partition coefficient (Wildman–Crippen LogP) is 5.03. The highest BCUT2D eigenvalue weighted by Gasteiger charge is 2.37. The van der Waals surface area contributed by atoms with Crippen molar-refractivity contribution in [2.75, 3.05) is 4.90 Å². The summed E-state index contributed by atoms with van der Waals surface area (Å²) in [4.78, 5) is 39.0. The van der Waals surface area contributed by atoms with Crippen LogP contribution in [0.2, 0.25) is 5.02 Å². The van der Waals surface area contributed by atoms with Crippen molar-refractivity contribution in [3.05, 3.63) is 87.2 Å². The van der Waals surface area contributed by atoms with E-state index in [0.29, 0.717) is 10.7 Å². The van der Waals surface area contributed by atoms with E-state index in [1.54, 1.807) is 24.3 Å². The number of hydrogen-bond acceptors (Lipinski definition) is 3. The third-order valence-electron chi connectivity index (χ3n) is 5.55. The number of barbiturate groups is 1. The van der Waals surface area contributed by atoms with Crippen LogP contribution in [0.15, 0.2) is 54.1 Å². The van der Waals surface area contributed by atoms with Gasteiger partial charge in [0.15, 0.2) is 0 Å². The van der Waals surface area contributed by atoms with Crippen molar-refractivity contribution in [2.45, 2.75) is 27.7 Å². The van der Waals surface area contributed by atoms with Gasteiger partial charge in [-0.25, -0.2) is 9.69 Å². The Labute approximate surface area is 191 Å². The van der Waals surface area contributed by atoms with Gasteiger partial charge in [-0.2, -0.15) is 0 Å². The Balaban J connectivity index is 1.77. The van der Waals surface area contributed by atoms with Crippen LogP contribution in [0.5, 0.6) is 0 Å². The zero-order valence-corrected chi connectivity index (χ0v) is 18.9. The minimum atomic E-state index is -0.791. The molecule has 1 aliphatic rings. The van der Waals surface area contributed by atoms with Crippen LogP contribution in [0.3, 0.4) is 0 Å². The second kappa shape index (κ2) is 8.13. The van der Waals surface area contributed by atoms with Crippen LogP contribution in [-0.4, -0.2) is 22.4 Å². The predicted molar refractivity (Wildman–Crippen MR) is 125 cm³/mol. The number of benzene rings is 2. The molecule has 1 aromatic heterocycles. The maximum Gasteiger partial charge on any atom is 0.335 e. The summed E-state index contributed by atoms with van der Waals surface area (Å²) in [6, 6.07) is 13.6. The molecule has 6 nitrogen and oxygen atoms in total. The molecule has 1 aliphatic heterocycles. The second-order valence-electron chi connectivity index (χ2n) is 7.89. The highest BCUT2D eigenvalue weighted by molar-refractivity contribution is 6.39. The van der Waals surface area contributed by atoms with Crippen LogP contribution in [0.4, 0.5) is 10.5 Å². The maximum atomic E-state index is 13.1. The number of carbonyl (C=O) groups is 3. The molecular formula is C25H22ClN3O3. The number of imide groups is 2. The SMILES string of the molecule is Cc1ccc(-n2c(C)cc(/C=C3\C(=O)NC(=O)N(c4ccc(Cl)cc4)C3=O)c2C)c(C)c1. The van der Waals surface area contributed by atoms with Gasteiger partial charge in [-0.15, -0.1) is 0 Å². The molecule has 32 heavy (non-hydrogen) atoms. The van der Waals surface area contributed by atoms with Crippen molar-refractivity contribution >= 4 is 41.2 Å². The first-order chi connectivity index (χ1) is 15.2. The fourth-order valence-corrected chi connectivity index (χ4v) is 4.12. The monoisotopic (exact) mass is 447 g/mol. The molecule has 162 valence electrons. The maximum absolute atomic E-state index is 13.1. The average Bonchev–Trinajstić information content (AvgIpc) is 3.00. The molecule has 1 N–H and O–H groups in total. The number of nitrogens with zero attached hydrogens (tertiary/aromatic N) is 2. The number of hydrogen-bond donors (Lipinski definition) is 1. The molecule has 0 spiro atoms. The largest absolute Gasteiger partial charge is 0.335 e. The van der Waals surface area contributed by atoms with Gasteiger partial charge in [0.25, 0.3) is 11.8 Å². The molecule has 0 atom stereocenters. The Morgan fingerprint density at radius 3 is 2.25 bits per heavy atom. The second-order valence-corrected chi connectivity index (χ2v) is 8.32. The Hall–Kier alpha value is -3.64. The number of aryl methyl sites for hydroxylation is 3. The Bertz CT molecular complexity index is 1300. The summed E-state index contributed by atoms with van der Waals surface area (Å²) in [5.41, 5.74) is 6.13. The van der Waals surface area contributed by atoms with Crippen LogP contribution in [0, 0.1) is 27.7 Å². The zero-order chi connectivity index (χ0) is 23.2. The van der Waals surface area contributed by atoms with Crippen LogP contribution < -0.4 is 10.2 Å². The smallest absolute Gasteiger partial charge is 0.318 e. The number of anilines is 1. The minimum Gasteiger partial charge on any atom is -0.318 e. The van der Waals surface area contributed by atoms with Gasteiger partial charge in [0.05, 0.1) is 5.69 Å². The van der Waals surface area contributed by atoms with Gasteiger partial charge in [0, 0.05) is 22.1 Å². The number of rotatable bonds is 3. The Morgan fingerprint density at radius 2 is 1.59 bits per heavy atom. The van der Waals surface area contributed by atoms with Gasteiger partial charge in [-0.3, -0.25) is 14.9 Å². The number of carbonyl (C=O) groups excluding carboxylic acids is 3. The minimum absolute atomic E-state index is 0.111. The van der Waals surface area contributed by atoms with Gasteiger partial charge in [-0.1, -0.05) is 29.3 Å². The van der Waals surface area contributed by atoms with Crippen LogP contribution in [-0.2, 0) is 9.59 Å². The van der Waals surface area contributed by atoms with E-state index in [1.165, 1.54) is 11.6 Å². The summed E-state index contributed by atoms with van der Waals surface area (Å²) >= 11 is 5.92. The summed E-state index contributed by atoms with van der Waals surface area (Å²) in [5, 5.41) is 2.73. The van der Waals surface area contributed by atoms with E-state index in [4.69, 9.17) is 11.6 Å². The van der Waals surface area contributed by atoms with E-state index in [0.717, 1.165) is 33.1 Å².